The molecular weight excluding hydrogens is 324 g/mol. The molecule has 1 aliphatic carbocycles. The van der Waals surface area contributed by atoms with E-state index < -0.39 is 5.41 Å². The van der Waals surface area contributed by atoms with Crippen LogP contribution in [0, 0.1) is 5.41 Å². The Bertz CT molecular complexity index is 928. The monoisotopic (exact) mass is 352 g/mol. The molecule has 1 aromatic carbocycles. The van der Waals surface area contributed by atoms with Crippen molar-refractivity contribution in [2.45, 2.75) is 65.7 Å². The minimum atomic E-state index is -0.540. The van der Waals surface area contributed by atoms with E-state index in [9.17, 15) is 9.59 Å². The number of nitrogens with zero attached hydrogens (tertiary/aromatic N) is 1. The van der Waals surface area contributed by atoms with E-state index in [1.807, 2.05) is 18.7 Å². The average Bonchev–Trinajstić information content (AvgIpc) is 2.90. The first-order chi connectivity index (χ1) is 12.1. The van der Waals surface area contributed by atoms with E-state index in [0.29, 0.717) is 13.0 Å². The number of aromatic amines is 1. The maximum absolute atomic E-state index is 13.1. The third-order valence-electron chi connectivity index (χ3n) is 5.76. The smallest absolute Gasteiger partial charge is 0.237 e. The number of anilines is 1. The summed E-state index contributed by atoms with van der Waals surface area (Å²) in [7, 11) is 0. The molecule has 26 heavy (non-hydrogen) atoms. The fourth-order valence-electron chi connectivity index (χ4n) is 4.41. The number of carbonyl (C=O) groups excluding carboxylic acids is 2. The van der Waals surface area contributed by atoms with Crippen molar-refractivity contribution in [2.75, 3.05) is 11.4 Å². The molecule has 0 spiro atoms. The Morgan fingerprint density at radius 3 is 2.50 bits per heavy atom. The van der Waals surface area contributed by atoms with E-state index in [1.165, 1.54) is 0 Å². The minimum absolute atomic E-state index is 0.0212. The van der Waals surface area contributed by atoms with Gasteiger partial charge in [0.25, 0.3) is 0 Å². The van der Waals surface area contributed by atoms with E-state index in [4.69, 9.17) is 0 Å². The summed E-state index contributed by atoms with van der Waals surface area (Å²) in [5.41, 5.74) is 4.46. The zero-order chi connectivity index (χ0) is 18.9. The maximum atomic E-state index is 13.1. The van der Waals surface area contributed by atoms with Gasteiger partial charge < -0.3 is 9.88 Å². The van der Waals surface area contributed by atoms with E-state index in [1.54, 1.807) is 0 Å². The Kier molecular flexibility index (Phi) is 3.63. The number of fused-ring (bicyclic) bond motifs is 4. The first-order valence-corrected chi connectivity index (χ1v) is 9.64. The summed E-state index contributed by atoms with van der Waals surface area (Å²) in [5, 5.41) is 1.11. The Morgan fingerprint density at radius 1 is 1.12 bits per heavy atom. The van der Waals surface area contributed by atoms with E-state index in [-0.39, 0.29) is 17.1 Å². The highest BCUT2D eigenvalue weighted by molar-refractivity contribution is 6.11. The molecule has 0 saturated heterocycles. The van der Waals surface area contributed by atoms with Crippen LogP contribution in [0.3, 0.4) is 0 Å². The molecule has 1 aliphatic heterocycles. The molecule has 0 atom stereocenters. The van der Waals surface area contributed by atoms with Gasteiger partial charge in [-0.3, -0.25) is 9.59 Å². The number of benzene rings is 1. The highest BCUT2D eigenvalue weighted by Gasteiger charge is 2.45. The minimum Gasteiger partial charge on any atom is -0.352 e. The van der Waals surface area contributed by atoms with Crippen LogP contribution >= 0.6 is 0 Å². The van der Waals surface area contributed by atoms with Crippen LogP contribution in [0.1, 0.15) is 75.5 Å². The highest BCUT2D eigenvalue weighted by atomic mass is 16.2. The maximum Gasteiger partial charge on any atom is 0.237 e. The number of nitrogens with one attached hydrogen (secondary N) is 1. The molecule has 1 amide bonds. The lowest BCUT2D eigenvalue weighted by Crippen LogP contribution is -2.40. The van der Waals surface area contributed by atoms with Crippen molar-refractivity contribution in [3.8, 4) is 0 Å². The number of ketones is 1. The lowest BCUT2D eigenvalue weighted by atomic mass is 9.85. The molecule has 0 unspecified atom stereocenters. The van der Waals surface area contributed by atoms with Crippen LogP contribution in [0.2, 0.25) is 0 Å². The van der Waals surface area contributed by atoms with Gasteiger partial charge in [0, 0.05) is 29.6 Å². The molecule has 0 radical (unpaired) electrons. The van der Waals surface area contributed by atoms with Gasteiger partial charge in [-0.05, 0) is 61.8 Å². The van der Waals surface area contributed by atoms with Gasteiger partial charge in [0.05, 0.1) is 11.1 Å². The zero-order valence-electron chi connectivity index (χ0n) is 16.5. The van der Waals surface area contributed by atoms with Gasteiger partial charge in [-0.15, -0.1) is 0 Å². The molecule has 2 heterocycles. The molecule has 0 saturated carbocycles. The lowest BCUT2D eigenvalue weighted by Gasteiger charge is -2.28. The Hall–Kier alpha value is -2.10. The first kappa shape index (κ1) is 17.3. The summed E-state index contributed by atoms with van der Waals surface area (Å²) in [5.74, 6) is 0.382. The molecular formula is C22H28N2O2. The molecule has 4 rings (SSSR count). The summed E-state index contributed by atoms with van der Waals surface area (Å²) < 4.78 is 0. The summed E-state index contributed by atoms with van der Waals surface area (Å²) >= 11 is 0. The molecule has 0 fully saturated rings. The van der Waals surface area contributed by atoms with Crippen LogP contribution in [-0.4, -0.2) is 23.2 Å². The first-order valence-electron chi connectivity index (χ1n) is 9.64. The second-order valence-corrected chi connectivity index (χ2v) is 9.60. The number of H-pyrrole nitrogens is 1. The summed E-state index contributed by atoms with van der Waals surface area (Å²) in [4.78, 5) is 30.9. The lowest BCUT2D eigenvalue weighted by molar-refractivity contribution is -0.122. The van der Waals surface area contributed by atoms with Crippen molar-refractivity contribution in [1.82, 2.24) is 4.98 Å². The third-order valence-corrected chi connectivity index (χ3v) is 5.76. The van der Waals surface area contributed by atoms with Crippen LogP contribution in [0.25, 0.3) is 10.9 Å². The van der Waals surface area contributed by atoms with Gasteiger partial charge in [0.1, 0.15) is 0 Å². The average molecular weight is 352 g/mol. The van der Waals surface area contributed by atoms with Gasteiger partial charge in [-0.1, -0.05) is 20.8 Å². The predicted molar refractivity (Wildman–Crippen MR) is 105 cm³/mol. The standard InChI is InChI=1S/C22H28N2O2/c1-21(2,3)12-24-17-10-14-13-8-6-7-9-18(25)19(13)23-16(14)11-15(17)22(4,5)20(24)26/h10-11,23H,6-9,12H2,1-5H3. The van der Waals surface area contributed by atoms with E-state index in [2.05, 4.69) is 37.9 Å². The van der Waals surface area contributed by atoms with E-state index >= 15 is 0 Å². The molecule has 0 bridgehead atoms. The number of amides is 1. The number of Topliss-reactive ketones (excluding diaryl/α,β-unsaturated/α-hetero) is 1. The topological polar surface area (TPSA) is 53.2 Å². The largest absolute Gasteiger partial charge is 0.352 e. The number of rotatable bonds is 1. The molecule has 4 heteroatoms. The highest BCUT2D eigenvalue weighted by Crippen LogP contribution is 2.45. The number of aryl methyl sites for hydroxylation is 1. The molecule has 1 N–H and O–H groups in total. The molecule has 4 nitrogen and oxygen atoms in total. The van der Waals surface area contributed by atoms with Crippen molar-refractivity contribution in [3.63, 3.8) is 0 Å². The van der Waals surface area contributed by atoms with Crippen LogP contribution in [0.4, 0.5) is 5.69 Å². The summed E-state index contributed by atoms with van der Waals surface area (Å²) in [6.45, 7) is 11.2. The number of hydrogen-bond acceptors (Lipinski definition) is 2. The molecule has 2 aliphatic rings. The van der Waals surface area contributed by atoms with Crippen molar-refractivity contribution in [1.29, 1.82) is 0 Å². The van der Waals surface area contributed by atoms with Gasteiger partial charge in [0.15, 0.2) is 5.78 Å². The Morgan fingerprint density at radius 2 is 1.81 bits per heavy atom. The summed E-state index contributed by atoms with van der Waals surface area (Å²) in [6.07, 6.45) is 3.55. The number of aromatic nitrogens is 1. The quantitative estimate of drug-likeness (QED) is 0.753. The van der Waals surface area contributed by atoms with Crippen molar-refractivity contribution in [3.05, 3.63) is 29.0 Å². The van der Waals surface area contributed by atoms with Crippen LogP contribution in [0.15, 0.2) is 12.1 Å². The fourth-order valence-corrected chi connectivity index (χ4v) is 4.41. The molecule has 1 aromatic heterocycles. The SMILES string of the molecule is CC(C)(C)CN1C(=O)C(C)(C)c2cc3[nH]c4c(c3cc21)CCCCC4=O. The zero-order valence-corrected chi connectivity index (χ0v) is 16.5. The second kappa shape index (κ2) is 5.45. The van der Waals surface area contributed by atoms with Crippen LogP contribution in [-0.2, 0) is 16.6 Å². The normalized spacial score (nSPS) is 19.7. The number of hydrogen-bond donors (Lipinski definition) is 1. The van der Waals surface area contributed by atoms with Crippen LogP contribution < -0.4 is 4.90 Å². The predicted octanol–water partition coefficient (Wildman–Crippen LogP) is 4.75. The Balaban J connectivity index is 1.93. The molecule has 2 aromatic rings. The van der Waals surface area contributed by atoms with Gasteiger partial charge in [0.2, 0.25) is 5.91 Å². The Labute approximate surface area is 155 Å². The fraction of sp³-hybridized carbons (Fsp3) is 0.545. The molecule has 138 valence electrons. The number of carbonyl (C=O) groups is 2. The van der Waals surface area contributed by atoms with Crippen molar-refractivity contribution >= 4 is 28.3 Å². The van der Waals surface area contributed by atoms with Crippen LogP contribution in [0.5, 0.6) is 0 Å². The second-order valence-electron chi connectivity index (χ2n) is 9.60. The van der Waals surface area contributed by atoms with Gasteiger partial charge in [-0.25, -0.2) is 0 Å². The van der Waals surface area contributed by atoms with Gasteiger partial charge in [-0.2, -0.15) is 0 Å². The van der Waals surface area contributed by atoms with Gasteiger partial charge >= 0.3 is 0 Å². The summed E-state index contributed by atoms with van der Waals surface area (Å²) in [6, 6.07) is 4.25. The van der Waals surface area contributed by atoms with E-state index in [0.717, 1.165) is 52.7 Å². The third kappa shape index (κ3) is 2.50. The van der Waals surface area contributed by atoms with Crippen molar-refractivity contribution < 1.29 is 9.59 Å². The van der Waals surface area contributed by atoms with Crippen molar-refractivity contribution in [2.24, 2.45) is 5.41 Å².